The Labute approximate surface area is 122 Å². The van der Waals surface area contributed by atoms with E-state index in [0.29, 0.717) is 26.2 Å². The van der Waals surface area contributed by atoms with Gasteiger partial charge < -0.3 is 19.5 Å². The van der Waals surface area contributed by atoms with Gasteiger partial charge in [0.2, 0.25) is 11.8 Å². The molecule has 1 aliphatic heterocycles. The van der Waals surface area contributed by atoms with Crippen LogP contribution in [0.3, 0.4) is 0 Å². The highest BCUT2D eigenvalue weighted by atomic mass is 16.4. The van der Waals surface area contributed by atoms with Gasteiger partial charge in [-0.05, 0) is 18.6 Å². The fourth-order valence-electron chi connectivity index (χ4n) is 2.47. The summed E-state index contributed by atoms with van der Waals surface area (Å²) in [6.07, 6.45) is 2.32. The van der Waals surface area contributed by atoms with E-state index in [-0.39, 0.29) is 24.1 Å². The number of aromatic nitrogens is 1. The molecule has 2 rings (SSSR count). The first-order valence-electron chi connectivity index (χ1n) is 6.91. The van der Waals surface area contributed by atoms with Gasteiger partial charge in [-0.25, -0.2) is 4.79 Å². The summed E-state index contributed by atoms with van der Waals surface area (Å²) in [5.41, 5.74) is 0.100. The lowest BCUT2D eigenvalue weighted by atomic mass is 10.3. The van der Waals surface area contributed by atoms with E-state index in [1.54, 1.807) is 22.1 Å². The van der Waals surface area contributed by atoms with Crippen molar-refractivity contribution in [2.75, 3.05) is 26.2 Å². The van der Waals surface area contributed by atoms with Crippen LogP contribution >= 0.6 is 0 Å². The molecule has 1 N–H and O–H groups in total. The molecule has 0 aliphatic carbocycles. The van der Waals surface area contributed by atoms with Gasteiger partial charge in [0.05, 0.1) is 0 Å². The number of carboxylic acid groups (broad SMARTS) is 1. The van der Waals surface area contributed by atoms with Crippen molar-refractivity contribution in [3.05, 3.63) is 24.0 Å². The van der Waals surface area contributed by atoms with E-state index in [2.05, 4.69) is 0 Å². The van der Waals surface area contributed by atoms with Crippen molar-refractivity contribution in [3.8, 4) is 0 Å². The van der Waals surface area contributed by atoms with E-state index in [1.165, 1.54) is 17.6 Å². The third kappa shape index (κ3) is 3.62. The normalized spacial score (nSPS) is 15.7. The van der Waals surface area contributed by atoms with Crippen molar-refractivity contribution in [3.63, 3.8) is 0 Å². The molecule has 114 valence electrons. The van der Waals surface area contributed by atoms with Crippen molar-refractivity contribution < 1.29 is 19.5 Å². The molecular weight excluding hydrogens is 274 g/mol. The summed E-state index contributed by atoms with van der Waals surface area (Å²) < 4.78 is 1.43. The van der Waals surface area contributed by atoms with E-state index in [9.17, 15) is 14.4 Å². The van der Waals surface area contributed by atoms with Gasteiger partial charge in [0, 0.05) is 39.3 Å². The molecule has 21 heavy (non-hydrogen) atoms. The minimum atomic E-state index is -1.05. The van der Waals surface area contributed by atoms with Gasteiger partial charge in [0.1, 0.15) is 12.2 Å². The molecule has 1 aromatic rings. The molecule has 2 amide bonds. The van der Waals surface area contributed by atoms with E-state index in [0.717, 1.165) is 6.42 Å². The predicted molar refractivity (Wildman–Crippen MR) is 74.8 cm³/mol. The Morgan fingerprint density at radius 3 is 2.48 bits per heavy atom. The molecule has 0 bridgehead atoms. The summed E-state index contributed by atoms with van der Waals surface area (Å²) in [4.78, 5) is 38.1. The monoisotopic (exact) mass is 293 g/mol. The zero-order valence-corrected chi connectivity index (χ0v) is 12.0. The molecule has 0 radical (unpaired) electrons. The molecule has 0 spiro atoms. The molecule has 0 unspecified atom stereocenters. The highest BCUT2D eigenvalue weighted by Gasteiger charge is 2.21. The molecule has 0 saturated carbocycles. The van der Waals surface area contributed by atoms with Crippen LogP contribution in [0.1, 0.15) is 23.8 Å². The zero-order valence-electron chi connectivity index (χ0n) is 12.0. The number of rotatable bonds is 3. The number of carbonyl (C=O) groups is 3. The summed E-state index contributed by atoms with van der Waals surface area (Å²) in [5.74, 6) is -1.16. The second kappa shape index (κ2) is 6.43. The predicted octanol–water partition coefficient (Wildman–Crippen LogP) is 0.267. The quantitative estimate of drug-likeness (QED) is 0.867. The number of hydrogen-bond donors (Lipinski definition) is 1. The van der Waals surface area contributed by atoms with Gasteiger partial charge in [-0.3, -0.25) is 9.59 Å². The molecule has 0 atom stereocenters. The van der Waals surface area contributed by atoms with Crippen LogP contribution in [0, 0.1) is 0 Å². The number of carbonyl (C=O) groups excluding carboxylic acids is 2. The maximum absolute atomic E-state index is 12.3. The standard InChI is InChI=1S/C14H19N3O4/c1-11(18)15-6-3-7-16(9-8-15)13(19)10-17-5-2-4-12(17)14(20)21/h2,4-5H,3,6-10H2,1H3,(H,20,21). The first kappa shape index (κ1) is 15.1. The smallest absolute Gasteiger partial charge is 0.352 e. The van der Waals surface area contributed by atoms with Crippen molar-refractivity contribution >= 4 is 17.8 Å². The number of aromatic carboxylic acids is 1. The Kier molecular flexibility index (Phi) is 4.62. The fourth-order valence-corrected chi connectivity index (χ4v) is 2.47. The van der Waals surface area contributed by atoms with Crippen molar-refractivity contribution in [1.82, 2.24) is 14.4 Å². The lowest BCUT2D eigenvalue weighted by molar-refractivity contribution is -0.133. The van der Waals surface area contributed by atoms with Crippen LogP contribution in [-0.2, 0) is 16.1 Å². The van der Waals surface area contributed by atoms with E-state index < -0.39 is 5.97 Å². The lowest BCUT2D eigenvalue weighted by Crippen LogP contribution is -2.38. The first-order valence-corrected chi connectivity index (χ1v) is 6.91. The SMILES string of the molecule is CC(=O)N1CCCN(C(=O)Cn2cccc2C(=O)O)CC1. The highest BCUT2D eigenvalue weighted by molar-refractivity contribution is 5.87. The fraction of sp³-hybridized carbons (Fsp3) is 0.500. The van der Waals surface area contributed by atoms with Crippen LogP contribution in [0.25, 0.3) is 0 Å². The van der Waals surface area contributed by atoms with Gasteiger partial charge in [0.25, 0.3) is 0 Å². The molecule has 7 nitrogen and oxygen atoms in total. The summed E-state index contributed by atoms with van der Waals surface area (Å²) in [6, 6.07) is 3.08. The van der Waals surface area contributed by atoms with Crippen LogP contribution in [0.4, 0.5) is 0 Å². The van der Waals surface area contributed by atoms with E-state index in [1.807, 2.05) is 0 Å². The third-order valence-electron chi connectivity index (χ3n) is 3.65. The molecule has 1 aromatic heterocycles. The van der Waals surface area contributed by atoms with Crippen LogP contribution < -0.4 is 0 Å². The second-order valence-corrected chi connectivity index (χ2v) is 5.07. The molecule has 1 aliphatic rings. The van der Waals surface area contributed by atoms with E-state index >= 15 is 0 Å². The first-order chi connectivity index (χ1) is 9.99. The number of hydrogen-bond acceptors (Lipinski definition) is 3. The number of carboxylic acids is 1. The Morgan fingerprint density at radius 1 is 1.14 bits per heavy atom. The van der Waals surface area contributed by atoms with Gasteiger partial charge in [-0.2, -0.15) is 0 Å². The summed E-state index contributed by atoms with van der Waals surface area (Å²) in [6.45, 7) is 3.79. The van der Waals surface area contributed by atoms with Crippen molar-refractivity contribution in [2.45, 2.75) is 19.9 Å². The molecule has 0 aromatic carbocycles. The molecule has 7 heteroatoms. The Hall–Kier alpha value is -2.31. The highest BCUT2D eigenvalue weighted by Crippen LogP contribution is 2.07. The van der Waals surface area contributed by atoms with Crippen LogP contribution in [0.15, 0.2) is 18.3 Å². The van der Waals surface area contributed by atoms with E-state index in [4.69, 9.17) is 5.11 Å². The van der Waals surface area contributed by atoms with Crippen LogP contribution in [0.2, 0.25) is 0 Å². The van der Waals surface area contributed by atoms with Gasteiger partial charge in [-0.15, -0.1) is 0 Å². The lowest BCUT2D eigenvalue weighted by Gasteiger charge is -2.22. The largest absolute Gasteiger partial charge is 0.477 e. The molecule has 2 heterocycles. The van der Waals surface area contributed by atoms with Crippen LogP contribution in [-0.4, -0.2) is 63.4 Å². The van der Waals surface area contributed by atoms with Crippen LogP contribution in [0.5, 0.6) is 0 Å². The average Bonchev–Trinajstić information content (AvgIpc) is 2.73. The van der Waals surface area contributed by atoms with Gasteiger partial charge in [0.15, 0.2) is 0 Å². The summed E-state index contributed by atoms with van der Waals surface area (Å²) in [7, 11) is 0. The third-order valence-corrected chi connectivity index (χ3v) is 3.65. The second-order valence-electron chi connectivity index (χ2n) is 5.07. The van der Waals surface area contributed by atoms with Crippen molar-refractivity contribution in [2.24, 2.45) is 0 Å². The maximum Gasteiger partial charge on any atom is 0.352 e. The minimum absolute atomic E-state index is 0.00864. The number of amides is 2. The Morgan fingerprint density at radius 2 is 1.81 bits per heavy atom. The molecule has 1 saturated heterocycles. The summed E-state index contributed by atoms with van der Waals surface area (Å²) in [5, 5.41) is 9.03. The summed E-state index contributed by atoms with van der Waals surface area (Å²) >= 11 is 0. The Balaban J connectivity index is 1.98. The van der Waals surface area contributed by atoms with Gasteiger partial charge >= 0.3 is 5.97 Å². The van der Waals surface area contributed by atoms with Crippen molar-refractivity contribution in [1.29, 1.82) is 0 Å². The Bertz CT molecular complexity index is 552. The minimum Gasteiger partial charge on any atom is -0.477 e. The topological polar surface area (TPSA) is 82.9 Å². The molecular formula is C14H19N3O4. The van der Waals surface area contributed by atoms with Gasteiger partial charge in [-0.1, -0.05) is 0 Å². The average molecular weight is 293 g/mol. The zero-order chi connectivity index (χ0) is 15.4. The number of nitrogens with zero attached hydrogens (tertiary/aromatic N) is 3. The molecule has 1 fully saturated rings. The maximum atomic E-state index is 12.3.